The second-order valence-corrected chi connectivity index (χ2v) is 5.85. The summed E-state index contributed by atoms with van der Waals surface area (Å²) in [7, 11) is 0. The highest BCUT2D eigenvalue weighted by Crippen LogP contribution is 2.19. The van der Waals surface area contributed by atoms with Crippen molar-refractivity contribution >= 4 is 17.6 Å². The van der Waals surface area contributed by atoms with Crippen LogP contribution in [0.3, 0.4) is 0 Å². The molecule has 1 N–H and O–H groups in total. The van der Waals surface area contributed by atoms with E-state index < -0.39 is 12.1 Å². The van der Waals surface area contributed by atoms with Gasteiger partial charge in [0.1, 0.15) is 0 Å². The van der Waals surface area contributed by atoms with Crippen molar-refractivity contribution in [3.8, 4) is 11.1 Å². The normalized spacial score (nSPS) is 11.4. The number of anilines is 1. The summed E-state index contributed by atoms with van der Waals surface area (Å²) in [5, 5.41) is 2.71. The molecule has 130 valence electrons. The van der Waals surface area contributed by atoms with E-state index in [9.17, 15) is 9.59 Å². The molecule has 1 unspecified atom stereocenters. The summed E-state index contributed by atoms with van der Waals surface area (Å²) >= 11 is 0. The fourth-order valence-corrected chi connectivity index (χ4v) is 2.48. The Morgan fingerprint density at radius 2 is 1.31 bits per heavy atom. The number of ether oxygens (including phenoxy) is 1. The summed E-state index contributed by atoms with van der Waals surface area (Å²) in [6, 6.07) is 26.1. The summed E-state index contributed by atoms with van der Waals surface area (Å²) in [6.45, 7) is 1.55. The third-order valence-corrected chi connectivity index (χ3v) is 3.92. The van der Waals surface area contributed by atoms with Gasteiger partial charge in [-0.25, -0.2) is 4.79 Å². The van der Waals surface area contributed by atoms with Crippen LogP contribution in [0.1, 0.15) is 17.3 Å². The highest BCUT2D eigenvalue weighted by atomic mass is 16.5. The van der Waals surface area contributed by atoms with Crippen molar-refractivity contribution in [1.82, 2.24) is 0 Å². The summed E-state index contributed by atoms with van der Waals surface area (Å²) in [6.07, 6.45) is -0.892. The predicted molar refractivity (Wildman–Crippen MR) is 102 cm³/mol. The molecule has 26 heavy (non-hydrogen) atoms. The standard InChI is InChI=1S/C22H19NO3/c1-16(21(24)23-20-10-6-3-7-11-20)26-22(25)19-14-12-18(13-15-19)17-8-4-2-5-9-17/h2-16H,1H3,(H,23,24). The molecule has 0 saturated carbocycles. The fourth-order valence-electron chi connectivity index (χ4n) is 2.48. The van der Waals surface area contributed by atoms with Gasteiger partial charge < -0.3 is 10.1 Å². The van der Waals surface area contributed by atoms with E-state index in [1.165, 1.54) is 0 Å². The van der Waals surface area contributed by atoms with Crippen LogP contribution in [-0.2, 0) is 9.53 Å². The molecule has 0 heterocycles. The Labute approximate surface area is 152 Å². The third kappa shape index (κ3) is 4.36. The van der Waals surface area contributed by atoms with Crippen molar-refractivity contribution in [2.45, 2.75) is 13.0 Å². The van der Waals surface area contributed by atoms with Gasteiger partial charge in [0.05, 0.1) is 5.56 Å². The summed E-state index contributed by atoms with van der Waals surface area (Å²) in [5.41, 5.74) is 3.15. The molecule has 0 spiro atoms. The van der Waals surface area contributed by atoms with E-state index >= 15 is 0 Å². The van der Waals surface area contributed by atoms with E-state index in [2.05, 4.69) is 5.32 Å². The molecule has 0 aromatic heterocycles. The van der Waals surface area contributed by atoms with E-state index in [0.717, 1.165) is 11.1 Å². The highest BCUT2D eigenvalue weighted by molar-refractivity contribution is 5.97. The number of amides is 1. The predicted octanol–water partition coefficient (Wildman–Crippen LogP) is 4.54. The second-order valence-electron chi connectivity index (χ2n) is 5.85. The maximum absolute atomic E-state index is 12.3. The van der Waals surface area contributed by atoms with Gasteiger partial charge in [-0.05, 0) is 42.3 Å². The van der Waals surface area contributed by atoms with Crippen LogP contribution in [0.2, 0.25) is 0 Å². The number of benzene rings is 3. The minimum atomic E-state index is -0.892. The quantitative estimate of drug-likeness (QED) is 0.691. The topological polar surface area (TPSA) is 55.4 Å². The number of esters is 1. The minimum Gasteiger partial charge on any atom is -0.449 e. The molecule has 3 aromatic carbocycles. The summed E-state index contributed by atoms with van der Waals surface area (Å²) < 4.78 is 5.27. The highest BCUT2D eigenvalue weighted by Gasteiger charge is 2.19. The molecule has 1 atom stereocenters. The summed E-state index contributed by atoms with van der Waals surface area (Å²) in [5.74, 6) is -0.897. The van der Waals surface area contributed by atoms with Crippen molar-refractivity contribution in [3.63, 3.8) is 0 Å². The molecule has 4 nitrogen and oxygen atoms in total. The van der Waals surface area contributed by atoms with Crippen molar-refractivity contribution in [3.05, 3.63) is 90.5 Å². The molecule has 4 heteroatoms. The Bertz CT molecular complexity index is 874. The first-order chi connectivity index (χ1) is 12.6. The molecule has 0 aliphatic carbocycles. The van der Waals surface area contributed by atoms with E-state index in [-0.39, 0.29) is 5.91 Å². The first kappa shape index (κ1) is 17.4. The van der Waals surface area contributed by atoms with E-state index in [0.29, 0.717) is 11.3 Å². The number of hydrogen-bond acceptors (Lipinski definition) is 3. The molecular weight excluding hydrogens is 326 g/mol. The number of para-hydroxylation sites is 1. The van der Waals surface area contributed by atoms with Gasteiger partial charge in [-0.2, -0.15) is 0 Å². The number of nitrogens with one attached hydrogen (secondary N) is 1. The van der Waals surface area contributed by atoms with Gasteiger partial charge in [-0.15, -0.1) is 0 Å². The van der Waals surface area contributed by atoms with E-state index in [1.807, 2.05) is 60.7 Å². The van der Waals surface area contributed by atoms with Crippen LogP contribution in [0.4, 0.5) is 5.69 Å². The SMILES string of the molecule is CC(OC(=O)c1ccc(-c2ccccc2)cc1)C(=O)Nc1ccccc1. The molecule has 1 amide bonds. The average molecular weight is 345 g/mol. The Hall–Kier alpha value is -3.40. The van der Waals surface area contributed by atoms with E-state index in [4.69, 9.17) is 4.74 Å². The van der Waals surface area contributed by atoms with Gasteiger partial charge in [-0.3, -0.25) is 4.79 Å². The molecule has 0 aliphatic heterocycles. The lowest BCUT2D eigenvalue weighted by molar-refractivity contribution is -0.123. The van der Waals surface area contributed by atoms with Gasteiger partial charge >= 0.3 is 5.97 Å². The molecular formula is C22H19NO3. The summed E-state index contributed by atoms with van der Waals surface area (Å²) in [4.78, 5) is 24.4. The van der Waals surface area contributed by atoms with Crippen LogP contribution in [0.5, 0.6) is 0 Å². The average Bonchev–Trinajstić information content (AvgIpc) is 2.69. The van der Waals surface area contributed by atoms with Gasteiger partial charge in [-0.1, -0.05) is 60.7 Å². The molecule has 3 aromatic rings. The van der Waals surface area contributed by atoms with Crippen LogP contribution in [0.15, 0.2) is 84.9 Å². The monoisotopic (exact) mass is 345 g/mol. The lowest BCUT2D eigenvalue weighted by Crippen LogP contribution is -2.29. The van der Waals surface area contributed by atoms with Crippen LogP contribution in [-0.4, -0.2) is 18.0 Å². The molecule has 0 radical (unpaired) electrons. The Morgan fingerprint density at radius 1 is 0.769 bits per heavy atom. The molecule has 0 aliphatic rings. The van der Waals surface area contributed by atoms with Crippen molar-refractivity contribution in [2.75, 3.05) is 5.32 Å². The number of carbonyl (C=O) groups is 2. The number of carbonyl (C=O) groups excluding carboxylic acids is 2. The largest absolute Gasteiger partial charge is 0.449 e. The van der Waals surface area contributed by atoms with Gasteiger partial charge in [0.2, 0.25) is 0 Å². The van der Waals surface area contributed by atoms with Crippen LogP contribution in [0.25, 0.3) is 11.1 Å². The Kier molecular flexibility index (Phi) is 5.44. The molecule has 0 fully saturated rings. The minimum absolute atomic E-state index is 0.370. The van der Waals surface area contributed by atoms with E-state index in [1.54, 1.807) is 31.2 Å². The third-order valence-electron chi connectivity index (χ3n) is 3.92. The Balaban J connectivity index is 1.61. The zero-order chi connectivity index (χ0) is 18.4. The van der Waals surface area contributed by atoms with Gasteiger partial charge in [0.15, 0.2) is 6.10 Å². The van der Waals surface area contributed by atoms with Crippen LogP contribution >= 0.6 is 0 Å². The lowest BCUT2D eigenvalue weighted by Gasteiger charge is -2.13. The molecule has 0 bridgehead atoms. The smallest absolute Gasteiger partial charge is 0.338 e. The van der Waals surface area contributed by atoms with Crippen LogP contribution in [0, 0.1) is 0 Å². The van der Waals surface area contributed by atoms with Crippen molar-refractivity contribution in [1.29, 1.82) is 0 Å². The zero-order valence-corrected chi connectivity index (χ0v) is 14.4. The second kappa shape index (κ2) is 8.12. The fraction of sp³-hybridized carbons (Fsp3) is 0.0909. The molecule has 3 rings (SSSR count). The van der Waals surface area contributed by atoms with Gasteiger partial charge in [0.25, 0.3) is 5.91 Å². The Morgan fingerprint density at radius 3 is 1.92 bits per heavy atom. The van der Waals surface area contributed by atoms with Crippen molar-refractivity contribution in [2.24, 2.45) is 0 Å². The molecule has 0 saturated heterocycles. The maximum atomic E-state index is 12.3. The lowest BCUT2D eigenvalue weighted by atomic mass is 10.0. The first-order valence-electron chi connectivity index (χ1n) is 8.36. The van der Waals surface area contributed by atoms with Crippen LogP contribution < -0.4 is 5.32 Å². The first-order valence-corrected chi connectivity index (χ1v) is 8.36. The van der Waals surface area contributed by atoms with Gasteiger partial charge in [0, 0.05) is 5.69 Å². The number of rotatable bonds is 5. The zero-order valence-electron chi connectivity index (χ0n) is 14.4. The van der Waals surface area contributed by atoms with Crippen molar-refractivity contribution < 1.29 is 14.3 Å². The number of hydrogen-bond donors (Lipinski definition) is 1. The maximum Gasteiger partial charge on any atom is 0.338 e.